The molecule has 1 aliphatic rings. The van der Waals surface area contributed by atoms with Gasteiger partial charge in [-0.15, -0.1) is 0 Å². The number of benzene rings is 3. The summed E-state index contributed by atoms with van der Waals surface area (Å²) >= 11 is 0. The van der Waals surface area contributed by atoms with Gasteiger partial charge in [-0.1, -0.05) is 67.6 Å². The van der Waals surface area contributed by atoms with Crippen LogP contribution in [0.3, 0.4) is 0 Å². The summed E-state index contributed by atoms with van der Waals surface area (Å²) in [6.07, 6.45) is 0.918. The van der Waals surface area contributed by atoms with E-state index in [1.807, 2.05) is 96.8 Å². The Morgan fingerprint density at radius 2 is 1.42 bits per heavy atom. The third kappa shape index (κ3) is 4.67. The molecule has 33 heavy (non-hydrogen) atoms. The predicted molar refractivity (Wildman–Crippen MR) is 131 cm³/mol. The summed E-state index contributed by atoms with van der Waals surface area (Å²) < 4.78 is 5.70. The topological polar surface area (TPSA) is 49.9 Å². The molecule has 4 rings (SSSR count). The molecule has 0 radical (unpaired) electrons. The molecule has 0 saturated carbocycles. The number of imide groups is 1. The largest absolute Gasteiger partial charge is 0.494 e. The zero-order chi connectivity index (χ0) is 23.2. The molecule has 0 bridgehead atoms. The van der Waals surface area contributed by atoms with Gasteiger partial charge in [-0.3, -0.25) is 14.5 Å². The van der Waals surface area contributed by atoms with Crippen LogP contribution in [0.25, 0.3) is 5.57 Å². The number of hydrogen-bond acceptors (Lipinski definition) is 4. The van der Waals surface area contributed by atoms with E-state index in [2.05, 4.69) is 6.92 Å². The van der Waals surface area contributed by atoms with Crippen LogP contribution in [0.1, 0.15) is 31.4 Å². The van der Waals surface area contributed by atoms with Gasteiger partial charge in [-0.05, 0) is 48.7 Å². The van der Waals surface area contributed by atoms with Gasteiger partial charge in [0.05, 0.1) is 18.7 Å². The highest BCUT2D eigenvalue weighted by Gasteiger charge is 2.41. The molecule has 0 fully saturated rings. The number of rotatable bonds is 9. The maximum atomic E-state index is 13.7. The number of anilines is 1. The van der Waals surface area contributed by atoms with Crippen LogP contribution < -0.4 is 9.64 Å². The van der Waals surface area contributed by atoms with Crippen LogP contribution in [0, 0.1) is 0 Å². The number of hydrogen-bond donors (Lipinski definition) is 0. The molecule has 0 aromatic heterocycles. The van der Waals surface area contributed by atoms with Gasteiger partial charge >= 0.3 is 0 Å². The highest BCUT2D eigenvalue weighted by molar-refractivity contribution is 6.36. The van der Waals surface area contributed by atoms with Crippen molar-refractivity contribution in [2.75, 3.05) is 18.1 Å². The highest BCUT2D eigenvalue weighted by Crippen LogP contribution is 2.35. The van der Waals surface area contributed by atoms with Crippen LogP contribution in [0.5, 0.6) is 5.75 Å². The molecule has 0 spiro atoms. The Kier molecular flexibility index (Phi) is 6.89. The highest BCUT2D eigenvalue weighted by atomic mass is 16.5. The second kappa shape index (κ2) is 10.2. The second-order valence-electron chi connectivity index (χ2n) is 7.86. The molecule has 0 N–H and O–H groups in total. The Morgan fingerprint density at radius 3 is 2.03 bits per heavy atom. The Bertz CT molecular complexity index is 1140. The normalized spacial score (nSPS) is 13.6. The van der Waals surface area contributed by atoms with Crippen molar-refractivity contribution in [3.63, 3.8) is 0 Å². The van der Waals surface area contributed by atoms with Crippen LogP contribution in [0.2, 0.25) is 0 Å². The minimum Gasteiger partial charge on any atom is -0.494 e. The fourth-order valence-electron chi connectivity index (χ4n) is 4.00. The van der Waals surface area contributed by atoms with Crippen LogP contribution in [0.15, 0.2) is 90.6 Å². The average molecular weight is 441 g/mol. The number of likely N-dealkylation sites (N-methyl/N-ethyl adjacent to an activating group) is 1. The fourth-order valence-corrected chi connectivity index (χ4v) is 4.00. The smallest absolute Gasteiger partial charge is 0.278 e. The van der Waals surface area contributed by atoms with Crippen LogP contribution in [0.4, 0.5) is 5.69 Å². The van der Waals surface area contributed by atoms with Gasteiger partial charge in [0.1, 0.15) is 11.4 Å². The summed E-state index contributed by atoms with van der Waals surface area (Å²) in [5.74, 6) is 0.183. The summed E-state index contributed by atoms with van der Waals surface area (Å²) in [4.78, 5) is 30.6. The monoisotopic (exact) mass is 440 g/mol. The zero-order valence-electron chi connectivity index (χ0n) is 19.0. The van der Waals surface area contributed by atoms with E-state index in [9.17, 15) is 9.59 Å². The predicted octanol–water partition coefficient (Wildman–Crippen LogP) is 5.28. The molecular weight excluding hydrogens is 412 g/mol. The van der Waals surface area contributed by atoms with Crippen molar-refractivity contribution in [1.29, 1.82) is 0 Å². The first-order chi connectivity index (χ1) is 16.1. The maximum absolute atomic E-state index is 13.7. The Labute approximate surface area is 194 Å². The number of amides is 2. The van der Waals surface area contributed by atoms with Crippen LogP contribution in [-0.2, 0) is 16.1 Å². The number of carbonyl (C=O) groups is 2. The summed E-state index contributed by atoms with van der Waals surface area (Å²) in [7, 11) is 0. The van der Waals surface area contributed by atoms with Gasteiger partial charge in [-0.25, -0.2) is 0 Å². The van der Waals surface area contributed by atoms with Crippen molar-refractivity contribution < 1.29 is 14.3 Å². The van der Waals surface area contributed by atoms with Crippen LogP contribution in [-0.4, -0.2) is 29.9 Å². The van der Waals surface area contributed by atoms with Gasteiger partial charge in [-0.2, -0.15) is 0 Å². The molecule has 3 aromatic carbocycles. The zero-order valence-corrected chi connectivity index (χ0v) is 19.0. The number of nitrogens with zero attached hydrogens (tertiary/aromatic N) is 2. The first-order valence-corrected chi connectivity index (χ1v) is 11.3. The van der Waals surface area contributed by atoms with E-state index in [0.717, 1.165) is 23.4 Å². The molecule has 0 unspecified atom stereocenters. The van der Waals surface area contributed by atoms with E-state index >= 15 is 0 Å². The van der Waals surface area contributed by atoms with E-state index < -0.39 is 0 Å². The lowest BCUT2D eigenvalue weighted by atomic mass is 10.0. The Morgan fingerprint density at radius 1 is 0.788 bits per heavy atom. The third-order valence-corrected chi connectivity index (χ3v) is 5.60. The van der Waals surface area contributed by atoms with E-state index in [0.29, 0.717) is 30.0 Å². The number of ether oxygens (including phenoxy) is 1. The van der Waals surface area contributed by atoms with E-state index in [1.165, 1.54) is 4.90 Å². The first-order valence-electron chi connectivity index (χ1n) is 11.3. The standard InChI is InChI=1S/C28H28N2O3/c1-3-19-33-24-17-15-22(16-18-24)25-26(29(4-2)23-13-9-6-10-14-23)28(32)30(27(25)31)20-21-11-7-5-8-12-21/h5-18H,3-4,19-20H2,1-2H3. The Hall–Kier alpha value is -3.86. The first kappa shape index (κ1) is 22.3. The minimum absolute atomic E-state index is 0.232. The van der Waals surface area contributed by atoms with Crippen molar-refractivity contribution in [1.82, 2.24) is 4.90 Å². The number of carbonyl (C=O) groups excluding carboxylic acids is 2. The summed E-state index contributed by atoms with van der Waals surface area (Å²) in [6.45, 7) is 5.46. The van der Waals surface area contributed by atoms with Gasteiger partial charge in [0, 0.05) is 12.2 Å². The van der Waals surface area contributed by atoms with Crippen molar-refractivity contribution >= 4 is 23.1 Å². The molecule has 2 amide bonds. The van der Waals surface area contributed by atoms with Gasteiger partial charge < -0.3 is 9.64 Å². The van der Waals surface area contributed by atoms with Gasteiger partial charge in [0.25, 0.3) is 11.8 Å². The SMILES string of the molecule is CCCOc1ccc(C2=C(N(CC)c3ccccc3)C(=O)N(Cc3ccccc3)C2=O)cc1. The summed E-state index contributed by atoms with van der Waals surface area (Å²) in [5.41, 5.74) is 3.32. The maximum Gasteiger partial charge on any atom is 0.278 e. The lowest BCUT2D eigenvalue weighted by Crippen LogP contribution is -2.34. The van der Waals surface area contributed by atoms with Crippen molar-refractivity contribution in [3.05, 3.63) is 102 Å². The van der Waals surface area contributed by atoms with E-state index in [4.69, 9.17) is 4.74 Å². The van der Waals surface area contributed by atoms with Crippen molar-refractivity contribution in [3.8, 4) is 5.75 Å². The van der Waals surface area contributed by atoms with Gasteiger partial charge in [0.15, 0.2) is 0 Å². The van der Waals surface area contributed by atoms with E-state index in [1.54, 1.807) is 0 Å². The van der Waals surface area contributed by atoms with Gasteiger partial charge in [0.2, 0.25) is 0 Å². The lowest BCUT2D eigenvalue weighted by Gasteiger charge is -2.25. The molecular formula is C28H28N2O3. The van der Waals surface area contributed by atoms with Crippen LogP contribution >= 0.6 is 0 Å². The molecule has 0 atom stereocenters. The summed E-state index contributed by atoms with van der Waals surface area (Å²) in [5, 5.41) is 0. The molecule has 5 nitrogen and oxygen atoms in total. The summed E-state index contributed by atoms with van der Waals surface area (Å²) in [6, 6.07) is 26.7. The molecule has 0 saturated heterocycles. The molecule has 5 heteroatoms. The molecule has 0 aliphatic carbocycles. The molecule has 1 aliphatic heterocycles. The minimum atomic E-state index is -0.282. The molecule has 3 aromatic rings. The Balaban J connectivity index is 1.77. The van der Waals surface area contributed by atoms with E-state index in [-0.39, 0.29) is 18.4 Å². The third-order valence-electron chi connectivity index (χ3n) is 5.60. The lowest BCUT2D eigenvalue weighted by molar-refractivity contribution is -0.137. The quantitative estimate of drug-likeness (QED) is 0.425. The fraction of sp³-hybridized carbons (Fsp3) is 0.214. The molecule has 1 heterocycles. The second-order valence-corrected chi connectivity index (χ2v) is 7.86. The number of para-hydroxylation sites is 1. The van der Waals surface area contributed by atoms with Crippen molar-refractivity contribution in [2.24, 2.45) is 0 Å². The van der Waals surface area contributed by atoms with Crippen molar-refractivity contribution in [2.45, 2.75) is 26.8 Å². The average Bonchev–Trinajstić information content (AvgIpc) is 3.10. The molecule has 168 valence electrons.